The normalized spacial score (nSPS) is 16.7. The molecule has 0 amide bonds. The van der Waals surface area contributed by atoms with E-state index in [1.165, 1.54) is 72.8 Å². The number of fused-ring (bicyclic) bond motifs is 1. The van der Waals surface area contributed by atoms with Crippen molar-refractivity contribution in [2.75, 3.05) is 6.61 Å². The largest absolute Gasteiger partial charge is 0.494 e. The van der Waals surface area contributed by atoms with Crippen LogP contribution in [0.15, 0.2) is 72.8 Å². The van der Waals surface area contributed by atoms with Crippen LogP contribution in [-0.4, -0.2) is 17.7 Å². The van der Waals surface area contributed by atoms with Crippen molar-refractivity contribution in [3.8, 4) is 16.9 Å². The molecular formula is C35H44O3. The Hall–Kier alpha value is -3.07. The van der Waals surface area contributed by atoms with Crippen LogP contribution in [0.25, 0.3) is 11.1 Å². The van der Waals surface area contributed by atoms with E-state index in [0.717, 1.165) is 44.5 Å². The van der Waals surface area contributed by atoms with E-state index in [9.17, 15) is 9.90 Å². The van der Waals surface area contributed by atoms with E-state index < -0.39 is 5.97 Å². The molecule has 0 saturated heterocycles. The number of unbranched alkanes of at least 4 members (excludes halogenated alkanes) is 7. The number of rotatable bonds is 15. The minimum Gasteiger partial charge on any atom is -0.494 e. The number of carboxylic acid groups (broad SMARTS) is 1. The van der Waals surface area contributed by atoms with E-state index in [-0.39, 0.29) is 11.8 Å². The Labute approximate surface area is 229 Å². The Morgan fingerprint density at radius 2 is 1.45 bits per heavy atom. The quantitative estimate of drug-likeness (QED) is 0.206. The van der Waals surface area contributed by atoms with E-state index >= 15 is 0 Å². The zero-order valence-electron chi connectivity index (χ0n) is 23.0. The molecule has 1 N–H and O–H groups in total. The van der Waals surface area contributed by atoms with Crippen molar-refractivity contribution in [2.45, 2.75) is 89.9 Å². The zero-order valence-corrected chi connectivity index (χ0v) is 23.0. The second kappa shape index (κ2) is 14.8. The van der Waals surface area contributed by atoms with Crippen molar-refractivity contribution in [1.29, 1.82) is 0 Å². The topological polar surface area (TPSA) is 46.5 Å². The minimum atomic E-state index is -0.662. The number of aliphatic carboxylic acids is 1. The molecule has 3 aromatic rings. The molecule has 38 heavy (non-hydrogen) atoms. The predicted octanol–water partition coefficient (Wildman–Crippen LogP) is 9.24. The summed E-state index contributed by atoms with van der Waals surface area (Å²) in [5.41, 5.74) is 6.17. The van der Waals surface area contributed by atoms with Crippen molar-refractivity contribution < 1.29 is 14.6 Å². The van der Waals surface area contributed by atoms with Gasteiger partial charge in [-0.25, -0.2) is 0 Å². The van der Waals surface area contributed by atoms with Crippen LogP contribution in [0, 0.1) is 5.92 Å². The lowest BCUT2D eigenvalue weighted by Crippen LogP contribution is -2.27. The highest BCUT2D eigenvalue weighted by molar-refractivity contribution is 5.72. The molecule has 202 valence electrons. The van der Waals surface area contributed by atoms with Crippen LogP contribution >= 0.6 is 0 Å². The first-order valence-corrected chi connectivity index (χ1v) is 14.8. The summed E-state index contributed by atoms with van der Waals surface area (Å²) in [6.45, 7) is 3.05. The minimum absolute atomic E-state index is 0.0791. The van der Waals surface area contributed by atoms with Gasteiger partial charge in [-0.05, 0) is 78.0 Å². The molecule has 0 fully saturated rings. The summed E-state index contributed by atoms with van der Waals surface area (Å²) in [7, 11) is 0. The van der Waals surface area contributed by atoms with Crippen LogP contribution in [0.5, 0.6) is 5.75 Å². The van der Waals surface area contributed by atoms with Crippen molar-refractivity contribution in [3.63, 3.8) is 0 Å². The first kappa shape index (κ1) is 28.0. The number of ether oxygens (including phenoxy) is 1. The number of aryl methyl sites for hydroxylation is 2. The Balaban J connectivity index is 1.24. The number of benzene rings is 3. The molecule has 1 aliphatic rings. The summed E-state index contributed by atoms with van der Waals surface area (Å²) < 4.78 is 5.96. The molecular weight excluding hydrogens is 468 g/mol. The van der Waals surface area contributed by atoms with Crippen molar-refractivity contribution in [2.24, 2.45) is 5.92 Å². The third kappa shape index (κ3) is 7.96. The molecule has 0 aliphatic heterocycles. The average molecular weight is 513 g/mol. The van der Waals surface area contributed by atoms with Gasteiger partial charge in [0.15, 0.2) is 0 Å². The van der Waals surface area contributed by atoms with Gasteiger partial charge in [0.2, 0.25) is 0 Å². The van der Waals surface area contributed by atoms with Gasteiger partial charge in [-0.3, -0.25) is 4.79 Å². The third-order valence-corrected chi connectivity index (χ3v) is 8.13. The molecule has 0 saturated carbocycles. The molecule has 1 aliphatic carbocycles. The van der Waals surface area contributed by atoms with E-state index in [0.29, 0.717) is 0 Å². The molecule has 0 bridgehead atoms. The van der Waals surface area contributed by atoms with E-state index in [1.807, 2.05) is 6.07 Å². The van der Waals surface area contributed by atoms with Crippen molar-refractivity contribution >= 4 is 5.97 Å². The van der Waals surface area contributed by atoms with E-state index in [1.54, 1.807) is 0 Å². The van der Waals surface area contributed by atoms with Gasteiger partial charge < -0.3 is 9.84 Å². The average Bonchev–Trinajstić information content (AvgIpc) is 2.95. The van der Waals surface area contributed by atoms with Crippen LogP contribution in [0.2, 0.25) is 0 Å². The standard InChI is InChI=1S/C35H44O3/c1-2-3-4-5-6-7-8-11-26-38-31-22-19-29(20-23-31)28-17-14-27(15-18-28)16-24-33-32-13-10-9-12-30(32)21-25-34(33)35(36)37/h9-10,12-15,17-20,22-23,33-34H,2-8,11,16,21,24-26H2,1H3,(H,36,37). The highest BCUT2D eigenvalue weighted by atomic mass is 16.5. The smallest absolute Gasteiger partial charge is 0.307 e. The molecule has 2 unspecified atom stereocenters. The lowest BCUT2D eigenvalue weighted by Gasteiger charge is -2.31. The molecule has 0 heterocycles. The first-order chi connectivity index (χ1) is 18.7. The van der Waals surface area contributed by atoms with Gasteiger partial charge in [0.1, 0.15) is 5.75 Å². The number of carboxylic acids is 1. The molecule has 4 rings (SSSR count). The van der Waals surface area contributed by atoms with Gasteiger partial charge in [0.25, 0.3) is 0 Å². The lowest BCUT2D eigenvalue weighted by molar-refractivity contribution is -0.143. The fraction of sp³-hybridized carbons (Fsp3) is 0.457. The van der Waals surface area contributed by atoms with E-state index in [4.69, 9.17) is 4.74 Å². The molecule has 0 radical (unpaired) electrons. The summed E-state index contributed by atoms with van der Waals surface area (Å²) in [6, 6.07) is 25.5. The number of hydrogen-bond acceptors (Lipinski definition) is 2. The number of hydrogen-bond donors (Lipinski definition) is 1. The van der Waals surface area contributed by atoms with Crippen LogP contribution < -0.4 is 4.74 Å². The van der Waals surface area contributed by atoms with Crippen LogP contribution in [0.3, 0.4) is 0 Å². The summed E-state index contributed by atoms with van der Waals surface area (Å²) in [5.74, 6) is 0.0649. The van der Waals surface area contributed by atoms with Gasteiger partial charge in [-0.1, -0.05) is 113 Å². The maximum absolute atomic E-state index is 11.9. The highest BCUT2D eigenvalue weighted by Gasteiger charge is 2.33. The Kier molecular flexibility index (Phi) is 10.9. The van der Waals surface area contributed by atoms with Gasteiger partial charge in [-0.2, -0.15) is 0 Å². The summed E-state index contributed by atoms with van der Waals surface area (Å²) >= 11 is 0. The summed E-state index contributed by atoms with van der Waals surface area (Å²) in [4.78, 5) is 11.9. The van der Waals surface area contributed by atoms with Gasteiger partial charge >= 0.3 is 5.97 Å². The Morgan fingerprint density at radius 1 is 0.816 bits per heavy atom. The maximum Gasteiger partial charge on any atom is 0.307 e. The van der Waals surface area contributed by atoms with Gasteiger partial charge in [0.05, 0.1) is 12.5 Å². The number of carbonyl (C=O) groups is 1. The molecule has 0 spiro atoms. The van der Waals surface area contributed by atoms with Crippen molar-refractivity contribution in [1.82, 2.24) is 0 Å². The summed E-state index contributed by atoms with van der Waals surface area (Å²) in [6.07, 6.45) is 13.8. The van der Waals surface area contributed by atoms with Crippen LogP contribution in [0.4, 0.5) is 0 Å². The predicted molar refractivity (Wildman–Crippen MR) is 157 cm³/mol. The fourth-order valence-corrected chi connectivity index (χ4v) is 5.86. The SMILES string of the molecule is CCCCCCCCCCOc1ccc(-c2ccc(CCC3c4ccccc4CCC3C(=O)O)cc2)cc1. The Morgan fingerprint density at radius 3 is 2.13 bits per heavy atom. The second-order valence-corrected chi connectivity index (χ2v) is 10.9. The molecule has 2 atom stereocenters. The summed E-state index contributed by atoms with van der Waals surface area (Å²) in [5, 5.41) is 9.82. The lowest BCUT2D eigenvalue weighted by atomic mass is 9.73. The molecule has 3 nitrogen and oxygen atoms in total. The first-order valence-electron chi connectivity index (χ1n) is 14.8. The molecule has 0 aromatic heterocycles. The third-order valence-electron chi connectivity index (χ3n) is 8.13. The van der Waals surface area contributed by atoms with Gasteiger partial charge in [-0.15, -0.1) is 0 Å². The fourth-order valence-electron chi connectivity index (χ4n) is 5.86. The highest BCUT2D eigenvalue weighted by Crippen LogP contribution is 2.39. The molecule has 3 heteroatoms. The monoisotopic (exact) mass is 512 g/mol. The van der Waals surface area contributed by atoms with E-state index in [2.05, 4.69) is 73.7 Å². The second-order valence-electron chi connectivity index (χ2n) is 10.9. The Bertz CT molecular complexity index is 1120. The van der Waals surface area contributed by atoms with Crippen LogP contribution in [-0.2, 0) is 17.6 Å². The van der Waals surface area contributed by atoms with Gasteiger partial charge in [0, 0.05) is 0 Å². The zero-order chi connectivity index (χ0) is 26.6. The van der Waals surface area contributed by atoms with Crippen LogP contribution in [0.1, 0.15) is 93.7 Å². The maximum atomic E-state index is 11.9. The van der Waals surface area contributed by atoms with Crippen molar-refractivity contribution in [3.05, 3.63) is 89.5 Å². The molecule has 3 aromatic carbocycles.